The van der Waals surface area contributed by atoms with E-state index < -0.39 is 0 Å². The zero-order valence-corrected chi connectivity index (χ0v) is 10.8. The smallest absolute Gasteiger partial charge is 0.0991 e. The highest BCUT2D eigenvalue weighted by Crippen LogP contribution is 2.32. The van der Waals surface area contributed by atoms with Crippen LogP contribution in [-0.4, -0.2) is 31.1 Å². The molecule has 3 rings (SSSR count). The van der Waals surface area contributed by atoms with Crippen LogP contribution in [0.25, 0.3) is 0 Å². The molecule has 0 spiro atoms. The van der Waals surface area contributed by atoms with Crippen LogP contribution < -0.4 is 5.32 Å². The minimum absolute atomic E-state index is 0.420. The Balaban J connectivity index is 1.75. The second-order valence-electron chi connectivity index (χ2n) is 5.55. The fraction of sp³-hybridized carbons (Fsp3) is 0.533. The quantitative estimate of drug-likeness (QED) is 0.857. The molecule has 1 aromatic rings. The van der Waals surface area contributed by atoms with E-state index in [1.54, 1.807) is 0 Å². The molecule has 2 saturated heterocycles. The highest BCUT2D eigenvalue weighted by molar-refractivity contribution is 5.34. The van der Waals surface area contributed by atoms with Crippen LogP contribution >= 0.6 is 0 Å². The summed E-state index contributed by atoms with van der Waals surface area (Å²) >= 11 is 0. The molecule has 0 aromatic heterocycles. The van der Waals surface area contributed by atoms with E-state index in [4.69, 9.17) is 5.26 Å². The Labute approximate surface area is 108 Å². The zero-order valence-electron chi connectivity index (χ0n) is 10.8. The Morgan fingerprint density at radius 2 is 2.06 bits per heavy atom. The lowest BCUT2D eigenvalue weighted by Gasteiger charge is -2.25. The lowest BCUT2D eigenvalue weighted by atomic mass is 10.0. The lowest BCUT2D eigenvalue weighted by Crippen LogP contribution is -2.28. The van der Waals surface area contributed by atoms with Gasteiger partial charge in [-0.15, -0.1) is 0 Å². The van der Waals surface area contributed by atoms with E-state index in [9.17, 15) is 0 Å². The molecule has 1 N–H and O–H groups in total. The van der Waals surface area contributed by atoms with E-state index in [1.807, 2.05) is 18.2 Å². The van der Waals surface area contributed by atoms with Gasteiger partial charge < -0.3 is 5.32 Å². The maximum absolute atomic E-state index is 8.97. The van der Waals surface area contributed by atoms with Crippen molar-refractivity contribution in [2.24, 2.45) is 11.8 Å². The zero-order chi connectivity index (χ0) is 12.5. The monoisotopic (exact) mass is 241 g/mol. The predicted octanol–water partition coefficient (Wildman–Crippen LogP) is 1.77. The molecule has 2 heterocycles. The normalized spacial score (nSPS) is 28.9. The summed E-state index contributed by atoms with van der Waals surface area (Å²) in [6.45, 7) is 6.98. The second-order valence-corrected chi connectivity index (χ2v) is 5.55. The number of benzene rings is 1. The molecule has 0 bridgehead atoms. The van der Waals surface area contributed by atoms with E-state index in [0.29, 0.717) is 6.04 Å². The van der Waals surface area contributed by atoms with Gasteiger partial charge in [0.1, 0.15) is 0 Å². The van der Waals surface area contributed by atoms with E-state index in [0.717, 1.165) is 17.4 Å². The number of likely N-dealkylation sites (tertiary alicyclic amines) is 1. The van der Waals surface area contributed by atoms with Crippen molar-refractivity contribution in [3.05, 3.63) is 35.4 Å². The molecule has 2 aliphatic heterocycles. The van der Waals surface area contributed by atoms with Gasteiger partial charge in [-0.3, -0.25) is 4.90 Å². The number of rotatable bonds is 2. The Morgan fingerprint density at radius 3 is 2.72 bits per heavy atom. The highest BCUT2D eigenvalue weighted by atomic mass is 15.2. The van der Waals surface area contributed by atoms with Crippen LogP contribution in [0.3, 0.4) is 0 Å². The minimum atomic E-state index is 0.420. The lowest BCUT2D eigenvalue weighted by molar-refractivity contribution is 0.244. The number of fused-ring (bicyclic) bond motifs is 1. The second kappa shape index (κ2) is 4.72. The van der Waals surface area contributed by atoms with Crippen molar-refractivity contribution in [3.8, 4) is 6.07 Å². The van der Waals surface area contributed by atoms with Crippen molar-refractivity contribution in [2.45, 2.75) is 13.0 Å². The molecule has 94 valence electrons. The topological polar surface area (TPSA) is 39.1 Å². The Bertz CT molecular complexity index is 465. The number of hydrogen-bond acceptors (Lipinski definition) is 3. The number of nitrogens with one attached hydrogen (secondary N) is 1. The van der Waals surface area contributed by atoms with Crippen LogP contribution in [0.1, 0.15) is 24.1 Å². The fourth-order valence-corrected chi connectivity index (χ4v) is 3.29. The third-order valence-electron chi connectivity index (χ3n) is 4.46. The van der Waals surface area contributed by atoms with Gasteiger partial charge >= 0.3 is 0 Å². The summed E-state index contributed by atoms with van der Waals surface area (Å²) < 4.78 is 0. The third kappa shape index (κ3) is 2.03. The molecule has 3 unspecified atom stereocenters. The van der Waals surface area contributed by atoms with E-state index in [-0.39, 0.29) is 0 Å². The van der Waals surface area contributed by atoms with Crippen LogP contribution in [0, 0.1) is 23.2 Å². The molecule has 0 aliphatic carbocycles. The molecule has 3 heteroatoms. The first-order valence-electron chi connectivity index (χ1n) is 6.73. The van der Waals surface area contributed by atoms with Gasteiger partial charge in [0, 0.05) is 19.1 Å². The Kier molecular flexibility index (Phi) is 3.07. The molecule has 3 atom stereocenters. The summed E-state index contributed by atoms with van der Waals surface area (Å²) in [6.07, 6.45) is 0. The number of hydrogen-bond donors (Lipinski definition) is 1. The summed E-state index contributed by atoms with van der Waals surface area (Å²) in [4.78, 5) is 2.56. The molecular weight excluding hydrogens is 222 g/mol. The van der Waals surface area contributed by atoms with Gasteiger partial charge in [0.15, 0.2) is 0 Å². The Hall–Kier alpha value is -1.37. The van der Waals surface area contributed by atoms with Gasteiger partial charge in [-0.2, -0.15) is 5.26 Å². The van der Waals surface area contributed by atoms with Gasteiger partial charge in [0.2, 0.25) is 0 Å². The number of nitriles is 1. The molecular formula is C15H19N3. The standard InChI is InChI=1S/C15H19N3/c1-11(13-4-2-3-12(5-13)6-16)18-9-14-7-17-8-15(14)10-18/h2-5,11,14-15,17H,7-10H2,1H3. The molecule has 2 aliphatic rings. The van der Waals surface area contributed by atoms with Crippen LogP contribution in [0.15, 0.2) is 24.3 Å². The van der Waals surface area contributed by atoms with Gasteiger partial charge in [-0.1, -0.05) is 12.1 Å². The van der Waals surface area contributed by atoms with Crippen LogP contribution in [0.5, 0.6) is 0 Å². The molecule has 0 amide bonds. The summed E-state index contributed by atoms with van der Waals surface area (Å²) in [6, 6.07) is 10.7. The molecule has 1 aromatic carbocycles. The van der Waals surface area contributed by atoms with Crippen molar-refractivity contribution < 1.29 is 0 Å². The van der Waals surface area contributed by atoms with Crippen molar-refractivity contribution in [3.63, 3.8) is 0 Å². The van der Waals surface area contributed by atoms with Crippen molar-refractivity contribution >= 4 is 0 Å². The van der Waals surface area contributed by atoms with Crippen molar-refractivity contribution in [1.29, 1.82) is 5.26 Å². The molecule has 2 fully saturated rings. The summed E-state index contributed by atoms with van der Waals surface area (Å²) in [7, 11) is 0. The van der Waals surface area contributed by atoms with Gasteiger partial charge in [0.25, 0.3) is 0 Å². The van der Waals surface area contributed by atoms with Crippen LogP contribution in [0.2, 0.25) is 0 Å². The van der Waals surface area contributed by atoms with Gasteiger partial charge in [-0.25, -0.2) is 0 Å². The van der Waals surface area contributed by atoms with Crippen LogP contribution in [-0.2, 0) is 0 Å². The maximum atomic E-state index is 8.97. The highest BCUT2D eigenvalue weighted by Gasteiger charge is 2.37. The summed E-state index contributed by atoms with van der Waals surface area (Å²) in [5, 5.41) is 12.4. The molecule has 18 heavy (non-hydrogen) atoms. The van der Waals surface area contributed by atoms with E-state index in [1.165, 1.54) is 31.7 Å². The van der Waals surface area contributed by atoms with Crippen LogP contribution in [0.4, 0.5) is 0 Å². The first-order valence-corrected chi connectivity index (χ1v) is 6.73. The van der Waals surface area contributed by atoms with E-state index in [2.05, 4.69) is 29.3 Å². The SMILES string of the molecule is CC(c1cccc(C#N)c1)N1CC2CNCC2C1. The predicted molar refractivity (Wildman–Crippen MR) is 71.0 cm³/mol. The molecule has 3 nitrogen and oxygen atoms in total. The van der Waals surface area contributed by atoms with Crippen molar-refractivity contribution in [1.82, 2.24) is 10.2 Å². The summed E-state index contributed by atoms with van der Waals surface area (Å²) in [5.41, 5.74) is 2.03. The first-order chi connectivity index (χ1) is 8.78. The fourth-order valence-electron chi connectivity index (χ4n) is 3.29. The minimum Gasteiger partial charge on any atom is -0.316 e. The largest absolute Gasteiger partial charge is 0.316 e. The molecule has 0 saturated carbocycles. The Morgan fingerprint density at radius 1 is 1.33 bits per heavy atom. The van der Waals surface area contributed by atoms with Gasteiger partial charge in [-0.05, 0) is 49.5 Å². The first kappa shape index (κ1) is 11.7. The average Bonchev–Trinajstić information content (AvgIpc) is 2.98. The van der Waals surface area contributed by atoms with E-state index >= 15 is 0 Å². The number of nitrogens with zero attached hydrogens (tertiary/aromatic N) is 2. The average molecular weight is 241 g/mol. The summed E-state index contributed by atoms with van der Waals surface area (Å²) in [5.74, 6) is 1.65. The van der Waals surface area contributed by atoms with Gasteiger partial charge in [0.05, 0.1) is 11.6 Å². The van der Waals surface area contributed by atoms with Crippen molar-refractivity contribution in [2.75, 3.05) is 26.2 Å². The maximum Gasteiger partial charge on any atom is 0.0991 e. The third-order valence-corrected chi connectivity index (χ3v) is 4.46. The molecule has 0 radical (unpaired) electrons.